The summed E-state index contributed by atoms with van der Waals surface area (Å²) in [6.45, 7) is 9.26. The summed E-state index contributed by atoms with van der Waals surface area (Å²) < 4.78 is 10.8. The van der Waals surface area contributed by atoms with Crippen molar-refractivity contribution in [3.63, 3.8) is 0 Å². The van der Waals surface area contributed by atoms with Crippen LogP contribution in [0.1, 0.15) is 98.3 Å². The predicted octanol–water partition coefficient (Wildman–Crippen LogP) is 7.24. The van der Waals surface area contributed by atoms with Gasteiger partial charge < -0.3 is 20.1 Å². The molecular weight excluding hydrogens is 552 g/mol. The molecule has 0 spiro atoms. The van der Waals surface area contributed by atoms with Crippen LogP contribution in [0.4, 0.5) is 0 Å². The normalized spacial score (nSPS) is 39.2. The number of cyclic esters (lactones) is 2. The van der Waals surface area contributed by atoms with Crippen LogP contribution in [0, 0.1) is 47.3 Å². The summed E-state index contributed by atoms with van der Waals surface area (Å²) >= 11 is 0. The van der Waals surface area contributed by atoms with E-state index in [2.05, 4.69) is 64.2 Å². The smallest absolute Gasteiger partial charge is 0.330 e. The van der Waals surface area contributed by atoms with Crippen molar-refractivity contribution in [3.8, 4) is 0 Å². The van der Waals surface area contributed by atoms with Gasteiger partial charge in [0.1, 0.15) is 12.2 Å². The van der Waals surface area contributed by atoms with Gasteiger partial charge in [0.25, 0.3) is 0 Å². The molecule has 3 N–H and O–H groups in total. The molecule has 4 aliphatic carbocycles. The summed E-state index contributed by atoms with van der Waals surface area (Å²) in [6.07, 6.45) is 28.2. The number of hydrogen-bond donors (Lipinski definition) is 1. The fourth-order valence-corrected chi connectivity index (χ4v) is 8.58. The molecule has 2 aliphatic heterocycles. The van der Waals surface area contributed by atoms with Gasteiger partial charge in [-0.1, -0.05) is 70.2 Å². The van der Waals surface area contributed by atoms with Crippen LogP contribution in [-0.4, -0.2) is 40.8 Å². The lowest BCUT2D eigenvalue weighted by atomic mass is 9.66. The van der Waals surface area contributed by atoms with Crippen molar-refractivity contribution < 1.29 is 29.6 Å². The Morgan fingerprint density at radius 3 is 1.80 bits per heavy atom. The van der Waals surface area contributed by atoms with Crippen molar-refractivity contribution in [2.24, 2.45) is 47.3 Å². The van der Waals surface area contributed by atoms with Gasteiger partial charge in [0.2, 0.25) is 0 Å². The Morgan fingerprint density at radius 2 is 1.27 bits per heavy atom. The number of hydrogen-bond acceptors (Lipinski definition) is 5. The number of rotatable bonds is 6. The van der Waals surface area contributed by atoms with Crippen LogP contribution in [-0.2, 0) is 19.1 Å². The van der Waals surface area contributed by atoms with Crippen molar-refractivity contribution in [2.45, 2.75) is 117 Å². The van der Waals surface area contributed by atoms with Crippen LogP contribution in [0.25, 0.3) is 0 Å². The Morgan fingerprint density at radius 1 is 0.727 bits per heavy atom. The van der Waals surface area contributed by atoms with Crippen LogP contribution in [0.3, 0.4) is 0 Å². The van der Waals surface area contributed by atoms with E-state index in [-0.39, 0.29) is 36.0 Å². The van der Waals surface area contributed by atoms with Gasteiger partial charge in [0.05, 0.1) is 12.5 Å². The van der Waals surface area contributed by atoms with Crippen LogP contribution >= 0.6 is 0 Å². The molecule has 1 fully saturated rings. The zero-order valence-electron chi connectivity index (χ0n) is 27.3. The largest absolute Gasteiger partial charge is 0.462 e. The molecule has 0 aromatic heterocycles. The van der Waals surface area contributed by atoms with Gasteiger partial charge in [-0.15, -0.1) is 0 Å². The summed E-state index contributed by atoms with van der Waals surface area (Å²) in [7, 11) is 0. The monoisotopic (exact) mass is 608 g/mol. The summed E-state index contributed by atoms with van der Waals surface area (Å²) in [6, 6.07) is 0. The van der Waals surface area contributed by atoms with E-state index in [4.69, 9.17) is 9.47 Å². The molecule has 1 saturated heterocycles. The maximum Gasteiger partial charge on any atom is 0.330 e. The Hall–Kier alpha value is -2.44. The number of aliphatic hydroxyl groups is 1. The van der Waals surface area contributed by atoms with Gasteiger partial charge in [0, 0.05) is 18.9 Å². The number of carbonyl (C=O) groups is 2. The first-order chi connectivity index (χ1) is 20.7. The lowest BCUT2D eigenvalue weighted by Gasteiger charge is -2.39. The highest BCUT2D eigenvalue weighted by Gasteiger charge is 2.36. The van der Waals surface area contributed by atoms with Crippen molar-refractivity contribution in [3.05, 3.63) is 59.8 Å². The van der Waals surface area contributed by atoms with E-state index in [1.54, 1.807) is 11.6 Å². The van der Waals surface area contributed by atoms with E-state index in [0.29, 0.717) is 41.9 Å². The van der Waals surface area contributed by atoms with Crippen molar-refractivity contribution in [1.82, 2.24) is 0 Å². The second-order valence-corrected chi connectivity index (χ2v) is 14.5. The Labute approximate surface area is 265 Å². The first-order valence-electron chi connectivity index (χ1n) is 17.2. The molecule has 6 rings (SSSR count). The molecule has 6 aliphatic rings. The topological polar surface area (TPSA) is 104 Å². The van der Waals surface area contributed by atoms with E-state index >= 15 is 0 Å². The number of carbonyl (C=O) groups excluding carboxylic acids is 2. The highest BCUT2D eigenvalue weighted by atomic mass is 16.5. The molecule has 0 aromatic rings. The summed E-state index contributed by atoms with van der Waals surface area (Å²) in [5, 5.41) is 9.73. The van der Waals surface area contributed by atoms with Crippen LogP contribution in [0.5, 0.6) is 0 Å². The lowest BCUT2D eigenvalue weighted by Crippen LogP contribution is -2.34. The van der Waals surface area contributed by atoms with E-state index in [0.717, 1.165) is 43.9 Å². The van der Waals surface area contributed by atoms with E-state index < -0.39 is 6.10 Å². The second-order valence-electron chi connectivity index (χ2n) is 14.5. The van der Waals surface area contributed by atoms with Crippen molar-refractivity contribution >= 4 is 11.9 Å². The minimum absolute atomic E-state index is 0. The minimum atomic E-state index is -0.513. The molecule has 0 aromatic carbocycles. The quantitative estimate of drug-likeness (QED) is 0.320. The molecule has 0 bridgehead atoms. The van der Waals surface area contributed by atoms with Crippen LogP contribution in [0.15, 0.2) is 59.8 Å². The third-order valence-corrected chi connectivity index (χ3v) is 11.1. The Balaban J connectivity index is 0.000000197. The number of ether oxygens (including phenoxy) is 2. The average Bonchev–Trinajstić information content (AvgIpc) is 2.96. The lowest BCUT2D eigenvalue weighted by molar-refractivity contribution is -0.160. The van der Waals surface area contributed by atoms with E-state index in [9.17, 15) is 14.7 Å². The second kappa shape index (κ2) is 15.7. The minimum Gasteiger partial charge on any atom is -0.462 e. The maximum absolute atomic E-state index is 11.5. The fraction of sp³-hybridized carbons (Fsp3) is 0.684. The molecule has 6 nitrogen and oxygen atoms in total. The van der Waals surface area contributed by atoms with Gasteiger partial charge in [-0.3, -0.25) is 4.79 Å². The first-order valence-corrected chi connectivity index (χ1v) is 17.2. The third-order valence-electron chi connectivity index (χ3n) is 11.1. The predicted molar refractivity (Wildman–Crippen MR) is 174 cm³/mol. The molecule has 0 radical (unpaired) electrons. The Bertz CT molecular complexity index is 1150. The van der Waals surface area contributed by atoms with Gasteiger partial charge in [-0.2, -0.15) is 0 Å². The summed E-state index contributed by atoms with van der Waals surface area (Å²) in [4.78, 5) is 22.8. The average molecular weight is 609 g/mol. The highest BCUT2D eigenvalue weighted by Crippen LogP contribution is 2.45. The number of esters is 2. The summed E-state index contributed by atoms with van der Waals surface area (Å²) in [5.74, 6) is 4.95. The fourth-order valence-electron chi connectivity index (χ4n) is 8.58. The van der Waals surface area contributed by atoms with Crippen molar-refractivity contribution in [2.75, 3.05) is 0 Å². The van der Waals surface area contributed by atoms with Gasteiger partial charge in [-0.25, -0.2) is 4.79 Å². The molecule has 11 unspecified atom stereocenters. The summed E-state index contributed by atoms with van der Waals surface area (Å²) in [5.41, 5.74) is 3.07. The van der Waals surface area contributed by atoms with Crippen LogP contribution in [0.2, 0.25) is 0 Å². The molecule has 0 amide bonds. The zero-order valence-corrected chi connectivity index (χ0v) is 27.3. The maximum atomic E-state index is 11.5. The number of allylic oxidation sites excluding steroid dienone is 8. The third kappa shape index (κ3) is 8.84. The molecule has 11 atom stereocenters. The van der Waals surface area contributed by atoms with E-state index in [1.165, 1.54) is 31.3 Å². The first kappa shape index (κ1) is 34.4. The van der Waals surface area contributed by atoms with Gasteiger partial charge in [-0.05, 0) is 110 Å². The van der Waals surface area contributed by atoms with Gasteiger partial charge >= 0.3 is 11.9 Å². The molecule has 2 heterocycles. The zero-order chi connectivity index (χ0) is 30.5. The van der Waals surface area contributed by atoms with Gasteiger partial charge in [0.15, 0.2) is 0 Å². The molecule has 44 heavy (non-hydrogen) atoms. The number of fused-ring (bicyclic) bond motifs is 2. The molecule has 6 heteroatoms. The Kier molecular flexibility index (Phi) is 12.3. The van der Waals surface area contributed by atoms with Crippen molar-refractivity contribution in [1.29, 1.82) is 0 Å². The highest BCUT2D eigenvalue weighted by molar-refractivity contribution is 5.82. The molecule has 244 valence electrons. The molecule has 0 saturated carbocycles. The SMILES string of the molecule is CC1C=C2C=CC(C)C(CCC3CC(O)CC(=O)O3)C2CC1.CC1C=C2C=CC(C)C(CCC3CC=CC(=O)O3)C2CC1.O. The molecular formula is C38H56O6. The van der Waals surface area contributed by atoms with E-state index in [1.807, 2.05) is 6.08 Å². The standard InChI is InChI=1S/C19H28O3.C19H26O2.H2O/c1-12-3-7-18-14(9-12)5-4-13(2)17(18)8-6-16-10-15(20)11-19(21)22-16;1-13-6-10-18-15(12-13)8-7-14(2)17(18)11-9-16-4-3-5-19(20)21-16;/h4-5,9,12-13,15-18,20H,3,6-8,10-11H2,1-2H3;3,5,7-8,12-14,16-18H,4,6,9-11H2,1-2H3;1H2. The van der Waals surface area contributed by atoms with Crippen LogP contribution < -0.4 is 0 Å². The number of aliphatic hydroxyl groups excluding tert-OH is 1.